The first-order chi connectivity index (χ1) is 14.1. The third-order valence-corrected chi connectivity index (χ3v) is 5.33. The zero-order valence-electron chi connectivity index (χ0n) is 16.4. The molecule has 0 spiro atoms. The molecule has 4 N–H and O–H groups in total. The third kappa shape index (κ3) is 4.40. The molecule has 0 bridgehead atoms. The number of halogens is 2. The van der Waals surface area contributed by atoms with Gasteiger partial charge in [0.25, 0.3) is 5.92 Å². The fraction of sp³-hybridized carbons (Fsp3) is 0.474. The van der Waals surface area contributed by atoms with Gasteiger partial charge >= 0.3 is 12.0 Å². The van der Waals surface area contributed by atoms with Gasteiger partial charge in [-0.05, 0) is 30.7 Å². The predicted octanol–water partition coefficient (Wildman–Crippen LogP) is 1.50. The van der Waals surface area contributed by atoms with Crippen molar-refractivity contribution >= 4 is 29.4 Å². The molecule has 0 radical (unpaired) electrons. The number of carboxylic acid groups (broad SMARTS) is 1. The van der Waals surface area contributed by atoms with Gasteiger partial charge in [-0.15, -0.1) is 0 Å². The van der Waals surface area contributed by atoms with Crippen molar-refractivity contribution in [3.63, 3.8) is 0 Å². The van der Waals surface area contributed by atoms with E-state index in [2.05, 4.69) is 10.6 Å². The number of imide groups is 1. The van der Waals surface area contributed by atoms with Crippen LogP contribution in [0.5, 0.6) is 0 Å². The van der Waals surface area contributed by atoms with Gasteiger partial charge in [0.2, 0.25) is 5.91 Å². The Balaban J connectivity index is 1.82. The Morgan fingerprint density at radius 2 is 2.10 bits per heavy atom. The van der Waals surface area contributed by atoms with E-state index < -0.39 is 42.8 Å². The number of amidine groups is 1. The van der Waals surface area contributed by atoms with Crippen molar-refractivity contribution in [2.24, 2.45) is 0 Å². The lowest BCUT2D eigenvalue weighted by Gasteiger charge is -2.38. The highest BCUT2D eigenvalue weighted by molar-refractivity contribution is 6.12. The number of benzene rings is 1. The monoisotopic (exact) mass is 423 g/mol. The van der Waals surface area contributed by atoms with Gasteiger partial charge in [0, 0.05) is 31.3 Å². The summed E-state index contributed by atoms with van der Waals surface area (Å²) >= 11 is 0. The topological polar surface area (TPSA) is 126 Å². The fourth-order valence-electron chi connectivity index (χ4n) is 3.86. The second kappa shape index (κ2) is 8.34. The summed E-state index contributed by atoms with van der Waals surface area (Å²) in [6.45, 7) is -0.769. The number of carbonyl (C=O) groups excluding carboxylic acids is 2. The normalized spacial score (nSPS) is 21.8. The van der Waals surface area contributed by atoms with E-state index in [0.717, 1.165) is 4.90 Å². The van der Waals surface area contributed by atoms with Crippen LogP contribution in [0.1, 0.15) is 29.9 Å². The molecule has 1 unspecified atom stereocenters. The molecule has 2 heterocycles. The third-order valence-electron chi connectivity index (χ3n) is 5.33. The number of anilines is 1. The first-order valence-electron chi connectivity index (χ1n) is 9.46. The molecule has 30 heavy (non-hydrogen) atoms. The molecule has 3 rings (SSSR count). The van der Waals surface area contributed by atoms with Crippen LogP contribution in [-0.2, 0) is 9.59 Å². The van der Waals surface area contributed by atoms with Crippen LogP contribution in [0, 0.1) is 5.41 Å². The highest BCUT2D eigenvalue weighted by Gasteiger charge is 2.45. The first-order valence-corrected chi connectivity index (χ1v) is 9.46. The number of alkyl halides is 2. The number of nitrogens with one attached hydrogen (secondary N) is 3. The maximum Gasteiger partial charge on any atom is 0.329 e. The lowest BCUT2D eigenvalue weighted by Crippen LogP contribution is -2.52. The number of piperidine rings is 1. The fourth-order valence-corrected chi connectivity index (χ4v) is 3.86. The Morgan fingerprint density at radius 3 is 2.70 bits per heavy atom. The van der Waals surface area contributed by atoms with Gasteiger partial charge in [0.15, 0.2) is 0 Å². The molecule has 2 fully saturated rings. The minimum Gasteiger partial charge on any atom is -0.480 e. The van der Waals surface area contributed by atoms with Crippen LogP contribution in [0.25, 0.3) is 0 Å². The van der Waals surface area contributed by atoms with Crippen molar-refractivity contribution in [2.45, 2.75) is 24.7 Å². The number of rotatable bonds is 5. The molecular weight excluding hydrogens is 400 g/mol. The number of amides is 3. The Labute approximate surface area is 171 Å². The molecule has 1 atom stereocenters. The molecule has 2 saturated heterocycles. The van der Waals surface area contributed by atoms with Crippen molar-refractivity contribution in [1.82, 2.24) is 15.1 Å². The zero-order valence-corrected chi connectivity index (χ0v) is 16.4. The summed E-state index contributed by atoms with van der Waals surface area (Å²) < 4.78 is 29.5. The number of carboxylic acids is 1. The van der Waals surface area contributed by atoms with Crippen molar-refractivity contribution in [3.8, 4) is 0 Å². The van der Waals surface area contributed by atoms with Gasteiger partial charge in [0.1, 0.15) is 5.84 Å². The highest BCUT2D eigenvalue weighted by atomic mass is 19.3. The van der Waals surface area contributed by atoms with E-state index in [-0.39, 0.29) is 31.8 Å². The number of hydrogen-bond donors (Lipinski definition) is 4. The number of carbonyl (C=O) groups is 3. The Kier molecular flexibility index (Phi) is 6.01. The number of nitrogens with zero attached hydrogens (tertiary/aromatic N) is 2. The van der Waals surface area contributed by atoms with Gasteiger partial charge in [-0.1, -0.05) is 6.07 Å². The summed E-state index contributed by atoms with van der Waals surface area (Å²) in [6, 6.07) is 3.85. The molecule has 0 aliphatic carbocycles. The molecule has 1 aromatic carbocycles. The Morgan fingerprint density at radius 1 is 1.37 bits per heavy atom. The van der Waals surface area contributed by atoms with E-state index >= 15 is 0 Å². The van der Waals surface area contributed by atoms with Crippen LogP contribution in [0.3, 0.4) is 0 Å². The number of likely N-dealkylation sites (tertiary alicyclic amines) is 1. The van der Waals surface area contributed by atoms with E-state index in [1.165, 1.54) is 23.1 Å². The van der Waals surface area contributed by atoms with Gasteiger partial charge in [0.05, 0.1) is 19.0 Å². The Bertz CT molecular complexity index is 892. The van der Waals surface area contributed by atoms with Crippen LogP contribution in [0.4, 0.5) is 19.3 Å². The van der Waals surface area contributed by atoms with Crippen molar-refractivity contribution in [3.05, 3.63) is 29.3 Å². The van der Waals surface area contributed by atoms with Crippen molar-refractivity contribution < 1.29 is 28.3 Å². The summed E-state index contributed by atoms with van der Waals surface area (Å²) in [6.07, 6.45) is 0.166. The van der Waals surface area contributed by atoms with Gasteiger partial charge in [-0.25, -0.2) is 13.6 Å². The van der Waals surface area contributed by atoms with E-state index in [1.807, 2.05) is 0 Å². The van der Waals surface area contributed by atoms with Crippen molar-refractivity contribution in [2.75, 3.05) is 38.5 Å². The van der Waals surface area contributed by atoms with E-state index in [0.29, 0.717) is 16.8 Å². The molecule has 0 aromatic heterocycles. The second-order valence-electron chi connectivity index (χ2n) is 7.37. The van der Waals surface area contributed by atoms with Crippen LogP contribution < -0.4 is 10.6 Å². The molecule has 2 aliphatic heterocycles. The summed E-state index contributed by atoms with van der Waals surface area (Å²) in [4.78, 5) is 36.5. The highest BCUT2D eigenvalue weighted by Crippen LogP contribution is 2.41. The quantitative estimate of drug-likeness (QED) is 0.420. The molecule has 11 heteroatoms. The van der Waals surface area contributed by atoms with Crippen LogP contribution in [0.2, 0.25) is 0 Å². The largest absolute Gasteiger partial charge is 0.480 e. The Hall–Kier alpha value is -3.08. The number of urea groups is 1. The average Bonchev–Trinajstić information content (AvgIpc) is 2.66. The van der Waals surface area contributed by atoms with Crippen molar-refractivity contribution in [1.29, 1.82) is 5.41 Å². The molecule has 2 aliphatic rings. The molecule has 162 valence electrons. The summed E-state index contributed by atoms with van der Waals surface area (Å²) in [5, 5.41) is 22.2. The van der Waals surface area contributed by atoms with Gasteiger partial charge < -0.3 is 10.4 Å². The number of hydrogen-bond acceptors (Lipinski definition) is 6. The van der Waals surface area contributed by atoms with E-state index in [1.54, 1.807) is 7.05 Å². The van der Waals surface area contributed by atoms with Gasteiger partial charge in [-0.3, -0.25) is 30.1 Å². The maximum absolute atomic E-state index is 14.7. The SMILES string of the molecule is CNc1cc(C2CCN(CC(=O)O)CC2(F)F)ccc1C(=N)N1CCC(=O)NC1=O. The molecule has 9 nitrogen and oxygen atoms in total. The standard InChI is InChI=1S/C19H23F2N5O4/c1-23-14-8-11(13-4-6-25(9-16(28)29)10-19(13,20)21)2-3-12(14)17(22)26-7-5-15(27)24-18(26)30/h2-3,8,13,22-23H,4-7,9-10H2,1H3,(H,28,29)(H,24,27,30). The lowest BCUT2D eigenvalue weighted by atomic mass is 9.85. The number of aliphatic carboxylic acids is 1. The predicted molar refractivity (Wildman–Crippen MR) is 104 cm³/mol. The molecule has 3 amide bonds. The molecular formula is C19H23F2N5O4. The van der Waals surface area contributed by atoms with Crippen LogP contribution >= 0.6 is 0 Å². The minimum absolute atomic E-state index is 0.0640. The summed E-state index contributed by atoms with van der Waals surface area (Å²) in [7, 11) is 1.59. The smallest absolute Gasteiger partial charge is 0.329 e. The van der Waals surface area contributed by atoms with Gasteiger partial charge in [-0.2, -0.15) is 0 Å². The maximum atomic E-state index is 14.7. The lowest BCUT2D eigenvalue weighted by molar-refractivity contribution is -0.142. The summed E-state index contributed by atoms with van der Waals surface area (Å²) in [5.41, 5.74) is 1.12. The first kappa shape index (κ1) is 21.6. The van der Waals surface area contributed by atoms with E-state index in [9.17, 15) is 23.2 Å². The van der Waals surface area contributed by atoms with Crippen LogP contribution in [0.15, 0.2) is 18.2 Å². The minimum atomic E-state index is -3.11. The average molecular weight is 423 g/mol. The van der Waals surface area contributed by atoms with E-state index in [4.69, 9.17) is 10.5 Å². The zero-order chi connectivity index (χ0) is 22.1. The van der Waals surface area contributed by atoms with Crippen LogP contribution in [-0.4, -0.2) is 77.8 Å². The second-order valence-corrected chi connectivity index (χ2v) is 7.37. The molecule has 1 aromatic rings. The summed E-state index contributed by atoms with van der Waals surface area (Å²) in [5.74, 6) is -5.90. The molecule has 0 saturated carbocycles.